The van der Waals surface area contributed by atoms with Crippen LogP contribution in [-0.4, -0.2) is 71.8 Å². The summed E-state index contributed by atoms with van der Waals surface area (Å²) in [6, 6.07) is 6.86. The molecule has 3 aromatic heterocycles. The lowest BCUT2D eigenvalue weighted by Crippen LogP contribution is -2.47. The second-order valence-electron chi connectivity index (χ2n) is 14.4. The lowest BCUT2D eigenvalue weighted by molar-refractivity contribution is -0.138. The molecule has 13 heteroatoms. The Morgan fingerprint density at radius 3 is 2.63 bits per heavy atom. The number of pyridine rings is 1. The smallest absolute Gasteiger partial charge is 0.248 e. The Bertz CT molecular complexity index is 2120. The summed E-state index contributed by atoms with van der Waals surface area (Å²) in [6.07, 6.45) is 13.2. The summed E-state index contributed by atoms with van der Waals surface area (Å²) >= 11 is 3.45. The number of aromatic nitrogens is 5. The zero-order valence-corrected chi connectivity index (χ0v) is 30.2. The third kappa shape index (κ3) is 6.47. The highest BCUT2D eigenvalue weighted by molar-refractivity contribution is 9.10. The largest absolute Gasteiger partial charge is 0.355 e. The normalized spacial score (nSPS) is 24.1. The molecule has 4 aromatic rings. The Morgan fingerprint density at radius 2 is 1.86 bits per heavy atom. The molecule has 1 aromatic carbocycles. The van der Waals surface area contributed by atoms with Crippen LogP contribution in [-0.2, 0) is 27.3 Å². The van der Waals surface area contributed by atoms with E-state index in [2.05, 4.69) is 53.7 Å². The van der Waals surface area contributed by atoms with E-state index in [1.54, 1.807) is 22.0 Å². The van der Waals surface area contributed by atoms with Gasteiger partial charge in [0.15, 0.2) is 5.78 Å². The Kier molecular flexibility index (Phi) is 8.56. The molecular weight excluding hydrogens is 712 g/mol. The molecule has 2 bridgehead atoms. The minimum Gasteiger partial charge on any atom is -0.355 e. The van der Waals surface area contributed by atoms with Crippen LogP contribution in [0, 0.1) is 12.3 Å². The molecule has 3 atom stereocenters. The molecule has 1 saturated heterocycles. The molecule has 2 N–H and O–H groups in total. The number of hydrogen-bond acceptors (Lipinski definition) is 8. The van der Waals surface area contributed by atoms with Crippen LogP contribution >= 0.6 is 15.9 Å². The molecular formula is C38H39BrN8O4. The van der Waals surface area contributed by atoms with Crippen LogP contribution in [0.3, 0.4) is 0 Å². The molecule has 2 aliphatic carbocycles. The van der Waals surface area contributed by atoms with Gasteiger partial charge in [-0.25, -0.2) is 15.0 Å². The number of nitrogens with one attached hydrogen (secondary N) is 2. The highest BCUT2D eigenvalue weighted by Gasteiger charge is 2.67. The van der Waals surface area contributed by atoms with Gasteiger partial charge in [-0.15, -0.1) is 0 Å². The quantitative estimate of drug-likeness (QED) is 0.156. The number of ketones is 1. The number of allylic oxidation sites excluding steroid dienone is 2. The number of anilines is 1. The Hall–Kier alpha value is -4.78. The number of rotatable bonds is 5. The minimum atomic E-state index is -0.760. The maximum atomic E-state index is 14.5. The molecule has 3 fully saturated rings. The van der Waals surface area contributed by atoms with E-state index in [0.29, 0.717) is 71.7 Å². The van der Waals surface area contributed by atoms with Crippen molar-refractivity contribution < 1.29 is 19.2 Å². The first kappa shape index (κ1) is 33.4. The van der Waals surface area contributed by atoms with Crippen molar-refractivity contribution in [3.63, 3.8) is 0 Å². The number of aryl methyl sites for hydroxylation is 1. The lowest BCUT2D eigenvalue weighted by atomic mass is 9.98. The van der Waals surface area contributed by atoms with Crippen LogP contribution in [0.25, 0.3) is 22.0 Å². The van der Waals surface area contributed by atoms with E-state index in [-0.39, 0.29) is 41.8 Å². The zero-order chi connectivity index (χ0) is 35.4. The van der Waals surface area contributed by atoms with Gasteiger partial charge in [-0.1, -0.05) is 18.2 Å². The van der Waals surface area contributed by atoms with Crippen molar-refractivity contribution in [1.82, 2.24) is 34.9 Å². The number of halogens is 1. The molecule has 0 spiro atoms. The molecule has 0 unspecified atom stereocenters. The van der Waals surface area contributed by atoms with E-state index in [9.17, 15) is 19.2 Å². The molecule has 2 saturated carbocycles. The monoisotopic (exact) mass is 750 g/mol. The molecule has 5 heterocycles. The van der Waals surface area contributed by atoms with Gasteiger partial charge in [0.05, 0.1) is 5.52 Å². The van der Waals surface area contributed by atoms with Gasteiger partial charge >= 0.3 is 0 Å². The molecule has 12 nitrogen and oxygen atoms in total. The van der Waals surface area contributed by atoms with Crippen LogP contribution in [0.4, 0.5) is 5.82 Å². The average molecular weight is 752 g/mol. The molecule has 3 amide bonds. The third-order valence-corrected chi connectivity index (χ3v) is 11.2. The fourth-order valence-corrected chi connectivity index (χ4v) is 8.17. The molecule has 8 rings (SSSR count). The first-order valence-corrected chi connectivity index (χ1v) is 18.4. The van der Waals surface area contributed by atoms with Crippen molar-refractivity contribution in [1.29, 1.82) is 0 Å². The topological polar surface area (TPSA) is 152 Å². The summed E-state index contributed by atoms with van der Waals surface area (Å²) in [6.45, 7) is 3.55. The number of benzene rings is 1. The van der Waals surface area contributed by atoms with E-state index in [1.807, 2.05) is 31.2 Å². The lowest BCUT2D eigenvalue weighted by Gasteiger charge is -2.27. The first-order chi connectivity index (χ1) is 24.6. The maximum Gasteiger partial charge on any atom is 0.248 e. The minimum absolute atomic E-state index is 0.0300. The predicted octanol–water partition coefficient (Wildman–Crippen LogP) is 5.44. The van der Waals surface area contributed by atoms with E-state index in [4.69, 9.17) is 5.10 Å². The van der Waals surface area contributed by atoms with Crippen molar-refractivity contribution >= 4 is 56.2 Å². The number of amides is 3. The summed E-state index contributed by atoms with van der Waals surface area (Å²) in [7, 11) is 0. The molecule has 4 aliphatic rings. The Morgan fingerprint density at radius 1 is 1.06 bits per heavy atom. The predicted molar refractivity (Wildman–Crippen MR) is 194 cm³/mol. The molecule has 262 valence electrons. The summed E-state index contributed by atoms with van der Waals surface area (Å²) in [5.41, 5.74) is 4.11. The highest BCUT2D eigenvalue weighted by Crippen LogP contribution is 2.59. The summed E-state index contributed by atoms with van der Waals surface area (Å²) in [5.74, 6) is 0.716. The van der Waals surface area contributed by atoms with Gasteiger partial charge in [-0.05, 0) is 109 Å². The number of nitrogens with zero attached hydrogens (tertiary/aromatic N) is 6. The SMILES string of the molecule is CC(=O)c1nn2c3c(cc(-c4cnc(C)nc4)cc13)C/C=C\CCCC(=O)NC[C@@]13C[C@@H](C(=O)Nc4nc(Br)ccc4C4CC4)N(C(=O)C2)[C@@H]1C3. The fourth-order valence-electron chi connectivity index (χ4n) is 7.86. The second-order valence-corrected chi connectivity index (χ2v) is 15.2. The number of carbonyl (C=O) groups is 4. The number of hydrogen-bond donors (Lipinski definition) is 2. The molecule has 0 radical (unpaired) electrons. The van der Waals surface area contributed by atoms with Crippen molar-refractivity contribution in [2.75, 3.05) is 11.9 Å². The third-order valence-electron chi connectivity index (χ3n) is 10.7. The van der Waals surface area contributed by atoms with Gasteiger partial charge in [-0.2, -0.15) is 5.10 Å². The van der Waals surface area contributed by atoms with E-state index in [0.717, 1.165) is 41.5 Å². The van der Waals surface area contributed by atoms with Crippen LogP contribution < -0.4 is 10.6 Å². The van der Waals surface area contributed by atoms with Crippen LogP contribution in [0.2, 0.25) is 0 Å². The second kappa shape index (κ2) is 13.1. The number of piperidine rings is 1. The van der Waals surface area contributed by atoms with Gasteiger partial charge in [0.2, 0.25) is 17.7 Å². The van der Waals surface area contributed by atoms with E-state index < -0.39 is 11.5 Å². The van der Waals surface area contributed by atoms with Crippen molar-refractivity contribution in [2.24, 2.45) is 5.41 Å². The molecule has 2 aliphatic heterocycles. The van der Waals surface area contributed by atoms with Crippen LogP contribution in [0.1, 0.15) is 85.2 Å². The van der Waals surface area contributed by atoms with Gasteiger partial charge in [-0.3, -0.25) is 23.9 Å². The Labute approximate surface area is 303 Å². The number of carbonyl (C=O) groups excluding carboxylic acids is 4. The van der Waals surface area contributed by atoms with E-state index >= 15 is 0 Å². The van der Waals surface area contributed by atoms with Gasteiger partial charge in [0.25, 0.3) is 0 Å². The summed E-state index contributed by atoms with van der Waals surface area (Å²) < 4.78 is 2.25. The average Bonchev–Trinajstić information content (AvgIpc) is 4.01. The summed E-state index contributed by atoms with van der Waals surface area (Å²) in [5, 5.41) is 11.6. The Balaban J connectivity index is 1.19. The van der Waals surface area contributed by atoms with Gasteiger partial charge in [0, 0.05) is 54.7 Å². The molecule has 51 heavy (non-hydrogen) atoms. The van der Waals surface area contributed by atoms with Crippen molar-refractivity contribution in [2.45, 2.75) is 89.8 Å². The highest BCUT2D eigenvalue weighted by atomic mass is 79.9. The van der Waals surface area contributed by atoms with Crippen molar-refractivity contribution in [3.8, 4) is 11.1 Å². The van der Waals surface area contributed by atoms with Gasteiger partial charge in [0.1, 0.15) is 34.5 Å². The maximum absolute atomic E-state index is 14.5. The van der Waals surface area contributed by atoms with E-state index in [1.165, 1.54) is 6.92 Å². The van der Waals surface area contributed by atoms with Crippen LogP contribution in [0.5, 0.6) is 0 Å². The van der Waals surface area contributed by atoms with Gasteiger partial charge < -0.3 is 15.5 Å². The zero-order valence-electron chi connectivity index (χ0n) is 28.6. The van der Waals surface area contributed by atoms with Crippen molar-refractivity contribution in [3.05, 3.63) is 76.1 Å². The van der Waals surface area contributed by atoms with Crippen LogP contribution in [0.15, 0.2) is 53.4 Å². The standard InChI is InChI=1S/C38H39BrN8O4/c1-21(48)34-28-14-25(26-17-40-22(2)41-18-26)13-24-7-5-3-4-6-8-32(49)42-20-38-15-29(47(30(38)16-38)33(50)19-46(45-34)35(24)28)37(51)44-36-27(23-9-10-23)11-12-31(39)43-36/h3,5,11-14,17-18,23,29-30H,4,6-10,15-16,19-20H2,1-2H3,(H,42,49)(H,43,44,51)/b5-3-/t29-,30+,38-/m0/s1. The summed E-state index contributed by atoms with van der Waals surface area (Å²) in [4.78, 5) is 69.7. The fraction of sp³-hybridized carbons (Fsp3) is 0.421. The first-order valence-electron chi connectivity index (χ1n) is 17.6. The number of Topliss-reactive ketones (excluding diaryl/α,β-unsaturated/α-hetero) is 1.